The lowest BCUT2D eigenvalue weighted by molar-refractivity contribution is 0.0988. The third-order valence-electron chi connectivity index (χ3n) is 2.39. The van der Waals surface area contributed by atoms with Crippen LogP contribution in [0.5, 0.6) is 0 Å². The summed E-state index contributed by atoms with van der Waals surface area (Å²) in [5.74, 6) is -0.182. The number of aromatic nitrogens is 1. The van der Waals surface area contributed by atoms with E-state index in [4.69, 9.17) is 11.6 Å². The van der Waals surface area contributed by atoms with Crippen LogP contribution in [-0.2, 0) is 0 Å². The molecule has 2 aromatic rings. The van der Waals surface area contributed by atoms with E-state index >= 15 is 0 Å². The van der Waals surface area contributed by atoms with Gasteiger partial charge in [0.05, 0.1) is 0 Å². The standard InChI is InChI=1S/C13H11ClN2O/c1-16(11-5-3-2-4-6-11)13(17)12-9-10(14)7-8-15-12/h2-9H,1H3. The van der Waals surface area contributed by atoms with E-state index in [9.17, 15) is 4.79 Å². The first-order valence-corrected chi connectivity index (χ1v) is 5.51. The van der Waals surface area contributed by atoms with Crippen molar-refractivity contribution in [3.8, 4) is 0 Å². The van der Waals surface area contributed by atoms with Crippen LogP contribution in [0.3, 0.4) is 0 Å². The number of hydrogen-bond acceptors (Lipinski definition) is 2. The summed E-state index contributed by atoms with van der Waals surface area (Å²) in [7, 11) is 1.71. The average molecular weight is 247 g/mol. The van der Waals surface area contributed by atoms with E-state index in [-0.39, 0.29) is 5.91 Å². The summed E-state index contributed by atoms with van der Waals surface area (Å²) in [6.07, 6.45) is 1.52. The molecule has 0 aliphatic carbocycles. The minimum absolute atomic E-state index is 0.182. The molecule has 0 saturated carbocycles. The van der Waals surface area contributed by atoms with E-state index in [1.807, 2.05) is 30.3 Å². The number of carbonyl (C=O) groups is 1. The summed E-state index contributed by atoms with van der Waals surface area (Å²) in [5.41, 5.74) is 1.16. The van der Waals surface area contributed by atoms with Crippen molar-refractivity contribution >= 4 is 23.2 Å². The van der Waals surface area contributed by atoms with E-state index in [1.165, 1.54) is 6.20 Å². The maximum atomic E-state index is 12.1. The number of pyridine rings is 1. The van der Waals surface area contributed by atoms with Crippen LogP contribution in [0, 0.1) is 0 Å². The van der Waals surface area contributed by atoms with Gasteiger partial charge in [0.25, 0.3) is 5.91 Å². The Labute approximate surface area is 105 Å². The molecule has 0 N–H and O–H groups in total. The third-order valence-corrected chi connectivity index (χ3v) is 2.62. The van der Waals surface area contributed by atoms with Gasteiger partial charge in [0.1, 0.15) is 5.69 Å². The molecule has 0 aliphatic rings. The average Bonchev–Trinajstić information content (AvgIpc) is 2.38. The summed E-state index contributed by atoms with van der Waals surface area (Å²) in [6, 6.07) is 12.6. The smallest absolute Gasteiger partial charge is 0.276 e. The van der Waals surface area contributed by atoms with Gasteiger partial charge in [-0.05, 0) is 24.3 Å². The molecule has 1 amide bonds. The van der Waals surface area contributed by atoms with Crippen molar-refractivity contribution in [3.63, 3.8) is 0 Å². The van der Waals surface area contributed by atoms with E-state index < -0.39 is 0 Å². The van der Waals surface area contributed by atoms with E-state index in [2.05, 4.69) is 4.98 Å². The first kappa shape index (κ1) is 11.6. The maximum absolute atomic E-state index is 12.1. The number of halogens is 1. The number of benzene rings is 1. The molecule has 86 valence electrons. The fraction of sp³-hybridized carbons (Fsp3) is 0.0769. The molecule has 0 bridgehead atoms. The lowest BCUT2D eigenvalue weighted by Crippen LogP contribution is -2.26. The molecule has 0 saturated heterocycles. The van der Waals surface area contributed by atoms with Gasteiger partial charge >= 0.3 is 0 Å². The van der Waals surface area contributed by atoms with Crippen molar-refractivity contribution in [2.75, 3.05) is 11.9 Å². The maximum Gasteiger partial charge on any atom is 0.276 e. The molecule has 0 unspecified atom stereocenters. The Morgan fingerprint density at radius 3 is 2.59 bits per heavy atom. The molecule has 1 aromatic heterocycles. The minimum atomic E-state index is -0.182. The Hall–Kier alpha value is -1.87. The first-order valence-electron chi connectivity index (χ1n) is 5.13. The van der Waals surface area contributed by atoms with E-state index in [1.54, 1.807) is 24.1 Å². The van der Waals surface area contributed by atoms with Gasteiger partial charge in [-0.2, -0.15) is 0 Å². The first-order chi connectivity index (χ1) is 8.18. The quantitative estimate of drug-likeness (QED) is 0.816. The fourth-order valence-corrected chi connectivity index (χ4v) is 1.62. The summed E-state index contributed by atoms with van der Waals surface area (Å²) in [5, 5.41) is 0.504. The topological polar surface area (TPSA) is 33.2 Å². The van der Waals surface area contributed by atoms with Gasteiger partial charge in [0, 0.05) is 24.0 Å². The molecule has 0 spiro atoms. The van der Waals surface area contributed by atoms with Crippen molar-refractivity contribution in [1.29, 1.82) is 0 Å². The third kappa shape index (κ3) is 2.63. The van der Waals surface area contributed by atoms with Crippen LogP contribution in [0.1, 0.15) is 10.5 Å². The van der Waals surface area contributed by atoms with Crippen LogP contribution in [0.4, 0.5) is 5.69 Å². The molecule has 0 aliphatic heterocycles. The van der Waals surface area contributed by atoms with Crippen molar-refractivity contribution in [2.24, 2.45) is 0 Å². The molecule has 17 heavy (non-hydrogen) atoms. The van der Waals surface area contributed by atoms with Crippen LogP contribution < -0.4 is 4.90 Å². The number of hydrogen-bond donors (Lipinski definition) is 0. The summed E-state index contributed by atoms with van der Waals surface area (Å²) in [4.78, 5) is 17.7. The predicted octanol–water partition coefficient (Wildman–Crippen LogP) is 3.01. The number of carbonyl (C=O) groups excluding carboxylic acids is 1. The van der Waals surface area contributed by atoms with Crippen molar-refractivity contribution in [2.45, 2.75) is 0 Å². The molecule has 0 radical (unpaired) electrons. The zero-order valence-electron chi connectivity index (χ0n) is 9.30. The highest BCUT2D eigenvalue weighted by Gasteiger charge is 2.14. The normalized spacial score (nSPS) is 10.0. The molecule has 0 atom stereocenters. The minimum Gasteiger partial charge on any atom is -0.310 e. The number of anilines is 1. The summed E-state index contributed by atoms with van der Waals surface area (Å²) in [6.45, 7) is 0. The number of nitrogens with zero attached hydrogens (tertiary/aromatic N) is 2. The van der Waals surface area contributed by atoms with Crippen molar-refractivity contribution in [3.05, 3.63) is 59.4 Å². The van der Waals surface area contributed by atoms with Gasteiger partial charge in [-0.1, -0.05) is 29.8 Å². The molecule has 1 heterocycles. The number of para-hydroxylation sites is 1. The van der Waals surface area contributed by atoms with Crippen LogP contribution >= 0.6 is 11.6 Å². The van der Waals surface area contributed by atoms with Crippen molar-refractivity contribution in [1.82, 2.24) is 4.98 Å². The monoisotopic (exact) mass is 246 g/mol. The molecule has 2 rings (SSSR count). The van der Waals surface area contributed by atoms with Gasteiger partial charge in [-0.25, -0.2) is 0 Å². The zero-order valence-corrected chi connectivity index (χ0v) is 10.1. The van der Waals surface area contributed by atoms with Crippen molar-refractivity contribution < 1.29 is 4.79 Å². The Morgan fingerprint density at radius 1 is 1.24 bits per heavy atom. The zero-order chi connectivity index (χ0) is 12.3. The Morgan fingerprint density at radius 2 is 1.94 bits per heavy atom. The van der Waals surface area contributed by atoms with E-state index in [0.717, 1.165) is 5.69 Å². The highest BCUT2D eigenvalue weighted by Crippen LogP contribution is 2.15. The number of rotatable bonds is 2. The second-order valence-electron chi connectivity index (χ2n) is 3.56. The molecular formula is C13H11ClN2O. The Balaban J connectivity index is 2.27. The Kier molecular flexibility index (Phi) is 3.40. The van der Waals surface area contributed by atoms with E-state index in [0.29, 0.717) is 10.7 Å². The largest absolute Gasteiger partial charge is 0.310 e. The van der Waals surface area contributed by atoms with Crippen LogP contribution in [-0.4, -0.2) is 17.9 Å². The number of amides is 1. The van der Waals surface area contributed by atoms with Gasteiger partial charge in [0.2, 0.25) is 0 Å². The summed E-state index contributed by atoms with van der Waals surface area (Å²) < 4.78 is 0. The SMILES string of the molecule is CN(C(=O)c1cc(Cl)ccn1)c1ccccc1. The molecular weight excluding hydrogens is 236 g/mol. The lowest BCUT2D eigenvalue weighted by Gasteiger charge is -2.16. The predicted molar refractivity (Wildman–Crippen MR) is 68.4 cm³/mol. The van der Waals surface area contributed by atoms with Gasteiger partial charge in [-0.3, -0.25) is 9.78 Å². The van der Waals surface area contributed by atoms with Gasteiger partial charge in [-0.15, -0.1) is 0 Å². The van der Waals surface area contributed by atoms with Gasteiger partial charge in [0.15, 0.2) is 0 Å². The second kappa shape index (κ2) is 4.97. The molecule has 0 fully saturated rings. The fourth-order valence-electron chi connectivity index (χ4n) is 1.46. The summed E-state index contributed by atoms with van der Waals surface area (Å²) >= 11 is 5.83. The van der Waals surface area contributed by atoms with Crippen LogP contribution in [0.2, 0.25) is 5.02 Å². The second-order valence-corrected chi connectivity index (χ2v) is 4.00. The van der Waals surface area contributed by atoms with Gasteiger partial charge < -0.3 is 4.90 Å². The lowest BCUT2D eigenvalue weighted by atomic mass is 10.2. The highest BCUT2D eigenvalue weighted by atomic mass is 35.5. The molecule has 3 nitrogen and oxygen atoms in total. The molecule has 4 heteroatoms. The highest BCUT2D eigenvalue weighted by molar-refractivity contribution is 6.31. The van der Waals surface area contributed by atoms with Crippen LogP contribution in [0.15, 0.2) is 48.7 Å². The Bertz CT molecular complexity index is 528. The van der Waals surface area contributed by atoms with Crippen LogP contribution in [0.25, 0.3) is 0 Å². The molecule has 1 aromatic carbocycles.